The fourth-order valence-electron chi connectivity index (χ4n) is 1.58. The summed E-state index contributed by atoms with van der Waals surface area (Å²) in [6, 6.07) is 3.41. The molecule has 0 unspecified atom stereocenters. The SMILES string of the molecule is COc1cc(CN=C(N)NCC(C)C)cc(OC)c1O. The van der Waals surface area contributed by atoms with Crippen molar-refractivity contribution < 1.29 is 14.6 Å². The molecule has 1 aromatic carbocycles. The van der Waals surface area contributed by atoms with E-state index in [0.717, 1.165) is 12.1 Å². The smallest absolute Gasteiger partial charge is 0.200 e. The lowest BCUT2D eigenvalue weighted by Crippen LogP contribution is -2.34. The van der Waals surface area contributed by atoms with Crippen LogP contribution in [-0.4, -0.2) is 31.8 Å². The summed E-state index contributed by atoms with van der Waals surface area (Å²) < 4.78 is 10.2. The van der Waals surface area contributed by atoms with E-state index in [9.17, 15) is 5.11 Å². The summed E-state index contributed by atoms with van der Waals surface area (Å²) in [6.07, 6.45) is 0. The first-order valence-electron chi connectivity index (χ1n) is 6.45. The number of hydrogen-bond acceptors (Lipinski definition) is 4. The van der Waals surface area contributed by atoms with E-state index in [2.05, 4.69) is 24.2 Å². The summed E-state index contributed by atoms with van der Waals surface area (Å²) in [4.78, 5) is 4.24. The third kappa shape index (κ3) is 4.53. The van der Waals surface area contributed by atoms with Gasteiger partial charge >= 0.3 is 0 Å². The maximum atomic E-state index is 9.81. The van der Waals surface area contributed by atoms with Gasteiger partial charge in [0.05, 0.1) is 20.8 Å². The van der Waals surface area contributed by atoms with Gasteiger partial charge in [-0.3, -0.25) is 0 Å². The average Bonchev–Trinajstić information content (AvgIpc) is 2.43. The molecule has 0 aliphatic heterocycles. The summed E-state index contributed by atoms with van der Waals surface area (Å²) in [6.45, 7) is 5.34. The highest BCUT2D eigenvalue weighted by molar-refractivity contribution is 5.77. The Labute approximate surface area is 119 Å². The number of guanidine groups is 1. The van der Waals surface area contributed by atoms with Gasteiger partial charge in [0.15, 0.2) is 17.5 Å². The molecule has 4 N–H and O–H groups in total. The molecule has 0 aliphatic carbocycles. The van der Waals surface area contributed by atoms with Crippen LogP contribution in [0.3, 0.4) is 0 Å². The highest BCUT2D eigenvalue weighted by atomic mass is 16.5. The minimum Gasteiger partial charge on any atom is -0.502 e. The van der Waals surface area contributed by atoms with Crippen LogP contribution in [-0.2, 0) is 6.54 Å². The Morgan fingerprint density at radius 1 is 1.30 bits per heavy atom. The predicted molar refractivity (Wildman–Crippen MR) is 79.4 cm³/mol. The first-order valence-corrected chi connectivity index (χ1v) is 6.45. The van der Waals surface area contributed by atoms with Gasteiger partial charge in [-0.2, -0.15) is 0 Å². The van der Waals surface area contributed by atoms with Gasteiger partial charge in [-0.15, -0.1) is 0 Å². The first kappa shape index (κ1) is 15.9. The van der Waals surface area contributed by atoms with Crippen molar-refractivity contribution in [2.75, 3.05) is 20.8 Å². The molecule has 0 amide bonds. The number of aromatic hydroxyl groups is 1. The Bertz CT molecular complexity index is 448. The van der Waals surface area contributed by atoms with Crippen molar-refractivity contribution in [1.82, 2.24) is 5.32 Å². The Balaban J connectivity index is 2.79. The van der Waals surface area contributed by atoms with E-state index in [-0.39, 0.29) is 5.75 Å². The second-order valence-corrected chi connectivity index (χ2v) is 4.83. The fraction of sp³-hybridized carbons (Fsp3) is 0.500. The monoisotopic (exact) mass is 281 g/mol. The van der Waals surface area contributed by atoms with Crippen molar-refractivity contribution in [2.24, 2.45) is 16.6 Å². The van der Waals surface area contributed by atoms with E-state index in [0.29, 0.717) is 29.9 Å². The van der Waals surface area contributed by atoms with Crippen LogP contribution in [0.1, 0.15) is 19.4 Å². The molecule has 0 aromatic heterocycles. The molecule has 6 heteroatoms. The van der Waals surface area contributed by atoms with Gasteiger partial charge in [-0.1, -0.05) is 13.8 Å². The van der Waals surface area contributed by atoms with Gasteiger partial charge in [0.2, 0.25) is 5.75 Å². The van der Waals surface area contributed by atoms with Crippen LogP contribution in [0.2, 0.25) is 0 Å². The molecule has 0 saturated carbocycles. The predicted octanol–water partition coefficient (Wildman–Crippen LogP) is 1.47. The van der Waals surface area contributed by atoms with Gasteiger partial charge in [0, 0.05) is 6.54 Å². The van der Waals surface area contributed by atoms with Crippen LogP contribution >= 0.6 is 0 Å². The number of hydrogen-bond donors (Lipinski definition) is 3. The number of phenols is 1. The molecule has 6 nitrogen and oxygen atoms in total. The number of rotatable bonds is 6. The Morgan fingerprint density at radius 3 is 2.30 bits per heavy atom. The summed E-state index contributed by atoms with van der Waals surface area (Å²) in [7, 11) is 2.97. The molecule has 0 bridgehead atoms. The molecule has 1 rings (SSSR count). The minimum absolute atomic E-state index is 0.0198. The van der Waals surface area contributed by atoms with Gasteiger partial charge in [0.25, 0.3) is 0 Å². The molecule has 0 aliphatic rings. The minimum atomic E-state index is -0.0198. The topological polar surface area (TPSA) is 89.1 Å². The molecule has 112 valence electrons. The molecule has 0 saturated heterocycles. The lowest BCUT2D eigenvalue weighted by atomic mass is 10.2. The number of ether oxygens (including phenoxy) is 2. The highest BCUT2D eigenvalue weighted by Crippen LogP contribution is 2.37. The first-order chi connectivity index (χ1) is 9.47. The second kappa shape index (κ2) is 7.47. The Morgan fingerprint density at radius 2 is 1.85 bits per heavy atom. The third-order valence-electron chi connectivity index (χ3n) is 2.66. The van der Waals surface area contributed by atoms with Crippen molar-refractivity contribution in [2.45, 2.75) is 20.4 Å². The van der Waals surface area contributed by atoms with Crippen molar-refractivity contribution in [3.8, 4) is 17.2 Å². The standard InChI is InChI=1S/C14H23N3O3/c1-9(2)7-16-14(15)17-8-10-5-11(19-3)13(18)12(6-10)20-4/h5-6,9,18H,7-8H2,1-4H3,(H3,15,16,17). The maximum absolute atomic E-state index is 9.81. The van der Waals surface area contributed by atoms with Crippen LogP contribution in [0, 0.1) is 5.92 Å². The lowest BCUT2D eigenvalue weighted by molar-refractivity contribution is 0.339. The van der Waals surface area contributed by atoms with E-state index in [4.69, 9.17) is 15.2 Å². The Kier molecular flexibility index (Phi) is 5.96. The summed E-state index contributed by atoms with van der Waals surface area (Å²) >= 11 is 0. The van der Waals surface area contributed by atoms with Crippen molar-refractivity contribution >= 4 is 5.96 Å². The molecule has 1 aromatic rings. The third-order valence-corrected chi connectivity index (χ3v) is 2.66. The van der Waals surface area contributed by atoms with Crippen LogP contribution in [0.4, 0.5) is 0 Å². The quantitative estimate of drug-likeness (QED) is 0.543. The van der Waals surface area contributed by atoms with E-state index in [1.54, 1.807) is 12.1 Å². The molecule has 0 radical (unpaired) electrons. The summed E-state index contributed by atoms with van der Waals surface area (Å²) in [5, 5.41) is 12.8. The second-order valence-electron chi connectivity index (χ2n) is 4.83. The zero-order chi connectivity index (χ0) is 15.1. The van der Waals surface area contributed by atoms with E-state index in [1.807, 2.05) is 0 Å². The molecule has 0 spiro atoms. The van der Waals surface area contributed by atoms with Gasteiger partial charge in [0.1, 0.15) is 0 Å². The number of nitrogens with zero attached hydrogens (tertiary/aromatic N) is 1. The molecular weight excluding hydrogens is 258 g/mol. The van der Waals surface area contributed by atoms with Crippen LogP contribution in [0.25, 0.3) is 0 Å². The van der Waals surface area contributed by atoms with Crippen LogP contribution in [0.15, 0.2) is 17.1 Å². The van der Waals surface area contributed by atoms with Crippen molar-refractivity contribution in [3.05, 3.63) is 17.7 Å². The zero-order valence-corrected chi connectivity index (χ0v) is 12.4. The number of methoxy groups -OCH3 is 2. The molecule has 20 heavy (non-hydrogen) atoms. The Hall–Kier alpha value is -2.11. The lowest BCUT2D eigenvalue weighted by Gasteiger charge is -2.11. The van der Waals surface area contributed by atoms with E-state index in [1.165, 1.54) is 14.2 Å². The number of nitrogens with two attached hydrogens (primary N) is 1. The zero-order valence-electron chi connectivity index (χ0n) is 12.4. The summed E-state index contributed by atoms with van der Waals surface area (Å²) in [5.74, 6) is 1.57. The van der Waals surface area contributed by atoms with E-state index < -0.39 is 0 Å². The molecular formula is C14H23N3O3. The van der Waals surface area contributed by atoms with Crippen LogP contribution in [0.5, 0.6) is 17.2 Å². The molecule has 0 fully saturated rings. The number of phenolic OH excluding ortho intramolecular Hbond substituents is 1. The molecule has 0 heterocycles. The van der Waals surface area contributed by atoms with E-state index >= 15 is 0 Å². The van der Waals surface area contributed by atoms with Gasteiger partial charge in [-0.25, -0.2) is 4.99 Å². The van der Waals surface area contributed by atoms with Gasteiger partial charge < -0.3 is 25.6 Å². The maximum Gasteiger partial charge on any atom is 0.200 e. The molecule has 0 atom stereocenters. The van der Waals surface area contributed by atoms with Crippen molar-refractivity contribution in [1.29, 1.82) is 0 Å². The van der Waals surface area contributed by atoms with Crippen LogP contribution < -0.4 is 20.5 Å². The van der Waals surface area contributed by atoms with Crippen molar-refractivity contribution in [3.63, 3.8) is 0 Å². The highest BCUT2D eigenvalue weighted by Gasteiger charge is 2.10. The van der Waals surface area contributed by atoms with Gasteiger partial charge in [-0.05, 0) is 23.6 Å². The number of nitrogens with one attached hydrogen (secondary N) is 1. The number of aliphatic imine (C=N–C) groups is 1. The normalized spacial score (nSPS) is 11.6. The summed E-state index contributed by atoms with van der Waals surface area (Å²) in [5.41, 5.74) is 6.61. The fourth-order valence-corrected chi connectivity index (χ4v) is 1.58. The largest absolute Gasteiger partial charge is 0.502 e. The number of benzene rings is 1. The average molecular weight is 281 g/mol.